The molecule has 0 aliphatic rings. The Morgan fingerprint density at radius 1 is 1.11 bits per heavy atom. The maximum Gasteiger partial charge on any atom is 0.137 e. The lowest BCUT2D eigenvalue weighted by atomic mass is 10.0. The highest BCUT2D eigenvalue weighted by Crippen LogP contribution is 2.18. The average Bonchev–Trinajstić information content (AvgIpc) is 2.34. The van der Waals surface area contributed by atoms with Gasteiger partial charge in [0.25, 0.3) is 0 Å². The van der Waals surface area contributed by atoms with Gasteiger partial charge in [0.15, 0.2) is 0 Å². The van der Waals surface area contributed by atoms with E-state index in [4.69, 9.17) is 0 Å². The van der Waals surface area contributed by atoms with Crippen LogP contribution >= 0.6 is 15.9 Å². The molecule has 0 bridgehead atoms. The molecule has 2 aromatic rings. The molecule has 2 aromatic carbocycles. The largest absolute Gasteiger partial charge is 0.392 e. The minimum Gasteiger partial charge on any atom is -0.392 e. The normalized spacial score (nSPS) is 12.4. The van der Waals surface area contributed by atoms with Gasteiger partial charge >= 0.3 is 0 Å². The molecule has 0 aliphatic carbocycles. The van der Waals surface area contributed by atoms with Crippen molar-refractivity contribution in [2.24, 2.45) is 0 Å². The first kappa shape index (κ1) is 14.2. The Labute approximate surface area is 121 Å². The quantitative estimate of drug-likeness (QED) is 0.900. The SMILES string of the molecule is Cc1cccc(CC(O)Cc2ccc(F)c(Br)c2)c1. The van der Waals surface area contributed by atoms with E-state index in [0.717, 1.165) is 11.1 Å². The minimum absolute atomic E-state index is 0.281. The molecule has 0 radical (unpaired) electrons. The van der Waals surface area contributed by atoms with Crippen LogP contribution in [0, 0.1) is 12.7 Å². The zero-order valence-electron chi connectivity index (χ0n) is 10.7. The van der Waals surface area contributed by atoms with E-state index in [2.05, 4.69) is 22.0 Å². The molecule has 100 valence electrons. The highest BCUT2D eigenvalue weighted by Gasteiger charge is 2.08. The van der Waals surface area contributed by atoms with Crippen molar-refractivity contribution in [3.63, 3.8) is 0 Å². The lowest BCUT2D eigenvalue weighted by Crippen LogP contribution is -2.14. The fourth-order valence-electron chi connectivity index (χ4n) is 2.12. The van der Waals surface area contributed by atoms with E-state index in [1.54, 1.807) is 12.1 Å². The highest BCUT2D eigenvalue weighted by molar-refractivity contribution is 9.10. The monoisotopic (exact) mass is 322 g/mol. The number of aliphatic hydroxyl groups is 1. The van der Waals surface area contributed by atoms with Crippen LogP contribution in [0.3, 0.4) is 0 Å². The van der Waals surface area contributed by atoms with Gasteiger partial charge in [-0.2, -0.15) is 0 Å². The summed E-state index contributed by atoms with van der Waals surface area (Å²) in [6, 6.07) is 13.0. The first-order valence-corrected chi connectivity index (χ1v) is 7.01. The zero-order chi connectivity index (χ0) is 13.8. The van der Waals surface area contributed by atoms with Gasteiger partial charge in [-0.05, 0) is 59.0 Å². The second-order valence-corrected chi connectivity index (χ2v) is 5.65. The summed E-state index contributed by atoms with van der Waals surface area (Å²) in [6.45, 7) is 2.03. The number of rotatable bonds is 4. The molecule has 1 N–H and O–H groups in total. The van der Waals surface area contributed by atoms with Gasteiger partial charge in [0.1, 0.15) is 5.82 Å². The number of halogens is 2. The van der Waals surface area contributed by atoms with Crippen molar-refractivity contribution in [1.29, 1.82) is 0 Å². The van der Waals surface area contributed by atoms with E-state index in [-0.39, 0.29) is 5.82 Å². The van der Waals surface area contributed by atoms with Gasteiger partial charge in [0, 0.05) is 0 Å². The molecule has 0 amide bonds. The van der Waals surface area contributed by atoms with Crippen molar-refractivity contribution in [3.05, 3.63) is 69.4 Å². The minimum atomic E-state index is -0.459. The summed E-state index contributed by atoms with van der Waals surface area (Å²) >= 11 is 3.16. The number of benzene rings is 2. The van der Waals surface area contributed by atoms with Crippen molar-refractivity contribution >= 4 is 15.9 Å². The maximum atomic E-state index is 13.1. The van der Waals surface area contributed by atoms with Crippen LogP contribution in [0.25, 0.3) is 0 Å². The number of aliphatic hydroxyl groups excluding tert-OH is 1. The Balaban J connectivity index is 2.01. The molecular formula is C16H16BrFO. The first-order chi connectivity index (χ1) is 9.04. The highest BCUT2D eigenvalue weighted by atomic mass is 79.9. The molecule has 1 unspecified atom stereocenters. The molecule has 2 rings (SSSR count). The molecular weight excluding hydrogens is 307 g/mol. The first-order valence-electron chi connectivity index (χ1n) is 6.22. The molecule has 0 fully saturated rings. The van der Waals surface area contributed by atoms with Crippen molar-refractivity contribution in [3.8, 4) is 0 Å². The Hall–Kier alpha value is -1.19. The summed E-state index contributed by atoms with van der Waals surface area (Å²) in [5.74, 6) is -0.281. The van der Waals surface area contributed by atoms with E-state index in [9.17, 15) is 9.50 Å². The summed E-state index contributed by atoms with van der Waals surface area (Å²) in [6.07, 6.45) is 0.669. The van der Waals surface area contributed by atoms with Gasteiger partial charge in [-0.1, -0.05) is 35.9 Å². The molecule has 0 aromatic heterocycles. The predicted octanol–water partition coefficient (Wildman–Crippen LogP) is 4.04. The summed E-state index contributed by atoms with van der Waals surface area (Å²) in [5, 5.41) is 10.1. The smallest absolute Gasteiger partial charge is 0.137 e. The Bertz CT molecular complexity index is 568. The standard InChI is InChI=1S/C16H16BrFO/c1-11-3-2-4-12(7-11)8-14(19)9-13-5-6-16(18)15(17)10-13/h2-7,10,14,19H,8-9H2,1H3. The second kappa shape index (κ2) is 6.31. The van der Waals surface area contributed by atoms with Gasteiger partial charge in [0.05, 0.1) is 10.6 Å². The van der Waals surface area contributed by atoms with Crippen molar-refractivity contribution < 1.29 is 9.50 Å². The lowest BCUT2D eigenvalue weighted by Gasteiger charge is -2.11. The Morgan fingerprint density at radius 2 is 1.79 bits per heavy atom. The third kappa shape index (κ3) is 4.15. The van der Waals surface area contributed by atoms with Gasteiger partial charge in [-0.15, -0.1) is 0 Å². The van der Waals surface area contributed by atoms with Gasteiger partial charge in [0.2, 0.25) is 0 Å². The Kier molecular flexibility index (Phi) is 4.72. The summed E-state index contributed by atoms with van der Waals surface area (Å²) in [4.78, 5) is 0. The van der Waals surface area contributed by atoms with Crippen molar-refractivity contribution in [2.75, 3.05) is 0 Å². The summed E-state index contributed by atoms with van der Waals surface area (Å²) in [7, 11) is 0. The van der Waals surface area contributed by atoms with Crippen LogP contribution in [-0.2, 0) is 12.8 Å². The summed E-state index contributed by atoms with van der Waals surface area (Å²) in [5.41, 5.74) is 3.23. The van der Waals surface area contributed by atoms with Gasteiger partial charge in [-0.25, -0.2) is 4.39 Å². The van der Waals surface area contributed by atoms with Crippen LogP contribution in [0.4, 0.5) is 4.39 Å². The van der Waals surface area contributed by atoms with Gasteiger partial charge < -0.3 is 5.11 Å². The average molecular weight is 323 g/mol. The van der Waals surface area contributed by atoms with Crippen LogP contribution in [0.1, 0.15) is 16.7 Å². The van der Waals surface area contributed by atoms with E-state index < -0.39 is 6.10 Å². The third-order valence-electron chi connectivity index (χ3n) is 3.01. The van der Waals surface area contributed by atoms with Crippen LogP contribution in [-0.4, -0.2) is 11.2 Å². The van der Waals surface area contributed by atoms with Crippen molar-refractivity contribution in [2.45, 2.75) is 25.9 Å². The van der Waals surface area contributed by atoms with Crippen LogP contribution < -0.4 is 0 Å². The van der Waals surface area contributed by atoms with Crippen LogP contribution in [0.5, 0.6) is 0 Å². The molecule has 0 heterocycles. The van der Waals surface area contributed by atoms with Crippen LogP contribution in [0.2, 0.25) is 0 Å². The summed E-state index contributed by atoms with van der Waals surface area (Å²) < 4.78 is 13.6. The molecule has 0 saturated carbocycles. The van der Waals surface area contributed by atoms with E-state index in [0.29, 0.717) is 17.3 Å². The predicted molar refractivity (Wildman–Crippen MR) is 78.7 cm³/mol. The fourth-order valence-corrected chi connectivity index (χ4v) is 2.55. The lowest BCUT2D eigenvalue weighted by molar-refractivity contribution is 0.175. The maximum absolute atomic E-state index is 13.1. The molecule has 19 heavy (non-hydrogen) atoms. The van der Waals surface area contributed by atoms with Crippen LogP contribution in [0.15, 0.2) is 46.9 Å². The molecule has 1 nitrogen and oxygen atoms in total. The second-order valence-electron chi connectivity index (χ2n) is 4.80. The zero-order valence-corrected chi connectivity index (χ0v) is 12.3. The molecule has 0 spiro atoms. The number of hydrogen-bond acceptors (Lipinski definition) is 1. The Morgan fingerprint density at radius 3 is 2.42 bits per heavy atom. The fraction of sp³-hybridized carbons (Fsp3) is 0.250. The van der Waals surface area contributed by atoms with E-state index in [1.807, 2.05) is 25.1 Å². The molecule has 0 aliphatic heterocycles. The number of hydrogen-bond donors (Lipinski definition) is 1. The van der Waals surface area contributed by atoms with Gasteiger partial charge in [-0.3, -0.25) is 0 Å². The van der Waals surface area contributed by atoms with E-state index >= 15 is 0 Å². The molecule has 3 heteroatoms. The van der Waals surface area contributed by atoms with Crippen molar-refractivity contribution in [1.82, 2.24) is 0 Å². The molecule has 0 saturated heterocycles. The number of aryl methyl sites for hydroxylation is 1. The topological polar surface area (TPSA) is 20.2 Å². The third-order valence-corrected chi connectivity index (χ3v) is 3.62. The molecule has 1 atom stereocenters. The van der Waals surface area contributed by atoms with E-state index in [1.165, 1.54) is 11.6 Å².